The van der Waals surface area contributed by atoms with Gasteiger partial charge in [0.1, 0.15) is 22.8 Å². The average Bonchev–Trinajstić information content (AvgIpc) is 3.12. The van der Waals surface area contributed by atoms with E-state index in [1.807, 2.05) is 55.8 Å². The molecule has 7 nitrogen and oxygen atoms in total. The molecule has 0 N–H and O–H groups in total. The van der Waals surface area contributed by atoms with Crippen LogP contribution in [0.5, 0.6) is 17.2 Å². The summed E-state index contributed by atoms with van der Waals surface area (Å²) in [7, 11) is 5.08. The molecule has 5 aromatic rings. The van der Waals surface area contributed by atoms with Crippen molar-refractivity contribution in [2.24, 2.45) is 7.05 Å². The number of hydrogen-bond donors (Lipinski definition) is 0. The van der Waals surface area contributed by atoms with Gasteiger partial charge in [-0.05, 0) is 62.4 Å². The van der Waals surface area contributed by atoms with Crippen LogP contribution in [0.4, 0.5) is 0 Å². The number of ether oxygens (including phenoxy) is 3. The van der Waals surface area contributed by atoms with Crippen LogP contribution in [0, 0.1) is 13.8 Å². The zero-order valence-electron chi connectivity index (χ0n) is 20.2. The molecule has 35 heavy (non-hydrogen) atoms. The normalized spacial score (nSPS) is 11.3. The van der Waals surface area contributed by atoms with E-state index >= 15 is 0 Å². The predicted octanol–water partition coefficient (Wildman–Crippen LogP) is 5.33. The number of aromatic nitrogens is 1. The van der Waals surface area contributed by atoms with E-state index in [0.29, 0.717) is 39.3 Å². The number of carbonyl (C=O) groups excluding carboxylic acids is 1. The molecular weight excluding hydrogens is 446 g/mol. The molecule has 0 amide bonds. The molecule has 0 spiro atoms. The Kier molecular flexibility index (Phi) is 5.47. The third-order valence-corrected chi connectivity index (χ3v) is 6.62. The molecule has 0 aliphatic carbocycles. The van der Waals surface area contributed by atoms with Crippen LogP contribution in [-0.4, -0.2) is 31.2 Å². The van der Waals surface area contributed by atoms with Crippen LogP contribution in [0.3, 0.4) is 0 Å². The highest BCUT2D eigenvalue weighted by Gasteiger charge is 2.21. The molecule has 0 radical (unpaired) electrons. The minimum atomic E-state index is -0.456. The average molecular weight is 472 g/mol. The van der Waals surface area contributed by atoms with E-state index < -0.39 is 5.63 Å². The number of fused-ring (bicyclic) bond motifs is 4. The van der Waals surface area contributed by atoms with Crippen molar-refractivity contribution in [1.82, 2.24) is 4.57 Å². The second-order valence-corrected chi connectivity index (χ2v) is 8.48. The number of Topliss-reactive ketones (excluding diaryl/α,β-unsaturated/α-hetero) is 1. The molecule has 0 saturated heterocycles. The molecule has 0 bridgehead atoms. The van der Waals surface area contributed by atoms with Gasteiger partial charge in [0.25, 0.3) is 0 Å². The number of carbonyl (C=O) groups is 1. The van der Waals surface area contributed by atoms with Gasteiger partial charge >= 0.3 is 5.63 Å². The van der Waals surface area contributed by atoms with Crippen LogP contribution in [0.1, 0.15) is 21.6 Å². The number of nitrogens with zero attached hydrogens (tertiary/aromatic N) is 1. The van der Waals surface area contributed by atoms with Crippen LogP contribution in [0.2, 0.25) is 0 Å². The van der Waals surface area contributed by atoms with Crippen molar-refractivity contribution in [1.29, 1.82) is 0 Å². The molecule has 0 unspecified atom stereocenters. The topological polar surface area (TPSA) is 79.9 Å². The maximum atomic E-state index is 13.3. The minimum Gasteiger partial charge on any atom is -0.497 e. The van der Waals surface area contributed by atoms with Gasteiger partial charge in [0.05, 0.1) is 19.6 Å². The highest BCUT2D eigenvalue weighted by atomic mass is 16.5. The van der Waals surface area contributed by atoms with Gasteiger partial charge in [-0.1, -0.05) is 0 Å². The van der Waals surface area contributed by atoms with E-state index in [9.17, 15) is 9.59 Å². The van der Waals surface area contributed by atoms with Crippen LogP contribution in [-0.2, 0) is 7.05 Å². The zero-order chi connectivity index (χ0) is 24.9. The highest BCUT2D eigenvalue weighted by molar-refractivity contribution is 6.10. The SMILES string of the molecule is COc1ccc2c(c1)c(C(=O)COc1ccc3c(oc(=O)c4cc(OC)ccc43)c1C)c(C)n2C. The standard InChI is InChI=1S/C28H25NO6/c1-15-25(11-9-20-19-8-6-17(32-4)12-21(19)28(31)35-27(15)20)34-14-24(30)26-16(2)29(3)23-10-7-18(33-5)13-22(23)26/h6-13H,14H2,1-5H3. The van der Waals surface area contributed by atoms with Crippen LogP contribution in [0.15, 0.2) is 57.7 Å². The Morgan fingerprint density at radius 1 is 0.886 bits per heavy atom. The lowest BCUT2D eigenvalue weighted by molar-refractivity contribution is 0.0922. The summed E-state index contributed by atoms with van der Waals surface area (Å²) >= 11 is 0. The lowest BCUT2D eigenvalue weighted by Gasteiger charge is -2.12. The maximum Gasteiger partial charge on any atom is 0.344 e. The molecule has 0 saturated carbocycles. The summed E-state index contributed by atoms with van der Waals surface area (Å²) in [5.74, 6) is 1.61. The zero-order valence-corrected chi connectivity index (χ0v) is 20.2. The summed E-state index contributed by atoms with van der Waals surface area (Å²) < 4.78 is 24.2. The van der Waals surface area contributed by atoms with Crippen LogP contribution in [0.25, 0.3) is 32.6 Å². The monoisotopic (exact) mass is 471 g/mol. The lowest BCUT2D eigenvalue weighted by atomic mass is 10.0. The second-order valence-electron chi connectivity index (χ2n) is 8.48. The van der Waals surface area contributed by atoms with Crippen molar-refractivity contribution in [2.45, 2.75) is 13.8 Å². The van der Waals surface area contributed by atoms with Crippen molar-refractivity contribution in [3.8, 4) is 17.2 Å². The summed E-state index contributed by atoms with van der Waals surface area (Å²) in [6.45, 7) is 3.57. The maximum absolute atomic E-state index is 13.3. The van der Waals surface area contributed by atoms with E-state index in [1.54, 1.807) is 32.4 Å². The quantitative estimate of drug-likeness (QED) is 0.189. The van der Waals surface area contributed by atoms with Gasteiger partial charge in [-0.2, -0.15) is 0 Å². The fraction of sp³-hybridized carbons (Fsp3) is 0.214. The van der Waals surface area contributed by atoms with Crippen molar-refractivity contribution in [3.05, 3.63) is 75.8 Å². The van der Waals surface area contributed by atoms with Gasteiger partial charge in [-0.3, -0.25) is 4.79 Å². The summed E-state index contributed by atoms with van der Waals surface area (Å²) in [5, 5.41) is 2.82. The number of ketones is 1. The van der Waals surface area contributed by atoms with Gasteiger partial charge in [0.15, 0.2) is 6.61 Å². The molecule has 178 valence electrons. The molecule has 0 aliphatic heterocycles. The Hall–Kier alpha value is -4.26. The first-order chi connectivity index (χ1) is 16.8. The molecule has 5 rings (SSSR count). The fourth-order valence-corrected chi connectivity index (χ4v) is 4.62. The van der Waals surface area contributed by atoms with E-state index in [-0.39, 0.29) is 12.4 Å². The molecule has 2 heterocycles. The molecule has 2 aromatic heterocycles. The Morgan fingerprint density at radius 3 is 2.26 bits per heavy atom. The molecule has 0 fully saturated rings. The largest absolute Gasteiger partial charge is 0.497 e. The number of methoxy groups -OCH3 is 2. The molecule has 7 heteroatoms. The molecular formula is C28H25NO6. The number of aryl methyl sites for hydroxylation is 2. The summed E-state index contributed by atoms with van der Waals surface area (Å²) in [6.07, 6.45) is 0. The predicted molar refractivity (Wildman–Crippen MR) is 135 cm³/mol. The Labute approximate surface area is 201 Å². The Morgan fingerprint density at radius 2 is 1.54 bits per heavy atom. The van der Waals surface area contributed by atoms with E-state index in [1.165, 1.54) is 0 Å². The summed E-state index contributed by atoms with van der Waals surface area (Å²) in [6, 6.07) is 14.6. The van der Waals surface area contributed by atoms with Crippen molar-refractivity contribution in [3.63, 3.8) is 0 Å². The molecule has 0 atom stereocenters. The van der Waals surface area contributed by atoms with Crippen molar-refractivity contribution in [2.75, 3.05) is 20.8 Å². The van der Waals surface area contributed by atoms with E-state index in [4.69, 9.17) is 18.6 Å². The second kappa shape index (κ2) is 8.51. The van der Waals surface area contributed by atoms with Crippen molar-refractivity contribution < 1.29 is 23.4 Å². The Balaban J connectivity index is 1.50. The minimum absolute atomic E-state index is 0.145. The lowest BCUT2D eigenvalue weighted by Crippen LogP contribution is -2.13. The first kappa shape index (κ1) is 22.5. The first-order valence-electron chi connectivity index (χ1n) is 11.2. The van der Waals surface area contributed by atoms with Gasteiger partial charge in [-0.25, -0.2) is 4.79 Å². The van der Waals surface area contributed by atoms with Gasteiger partial charge in [0.2, 0.25) is 5.78 Å². The van der Waals surface area contributed by atoms with Crippen LogP contribution >= 0.6 is 0 Å². The summed E-state index contributed by atoms with van der Waals surface area (Å²) in [5.41, 5.74) is 3.03. The first-order valence-corrected chi connectivity index (χ1v) is 11.2. The van der Waals surface area contributed by atoms with E-state index in [0.717, 1.165) is 27.4 Å². The van der Waals surface area contributed by atoms with E-state index in [2.05, 4.69) is 0 Å². The summed E-state index contributed by atoms with van der Waals surface area (Å²) in [4.78, 5) is 25.9. The number of benzene rings is 3. The fourth-order valence-electron chi connectivity index (χ4n) is 4.62. The highest BCUT2D eigenvalue weighted by Crippen LogP contribution is 2.33. The third-order valence-electron chi connectivity index (χ3n) is 6.62. The molecule has 0 aliphatic rings. The Bertz CT molecular complexity index is 1690. The van der Waals surface area contributed by atoms with Gasteiger partial charge < -0.3 is 23.2 Å². The van der Waals surface area contributed by atoms with Gasteiger partial charge in [0, 0.05) is 45.5 Å². The van der Waals surface area contributed by atoms with Crippen LogP contribution < -0.4 is 19.8 Å². The number of rotatable bonds is 6. The van der Waals surface area contributed by atoms with Gasteiger partial charge in [-0.15, -0.1) is 0 Å². The third kappa shape index (κ3) is 3.60. The molecule has 3 aromatic carbocycles. The van der Waals surface area contributed by atoms with Crippen molar-refractivity contribution >= 4 is 38.4 Å². The number of hydrogen-bond acceptors (Lipinski definition) is 6. The smallest absolute Gasteiger partial charge is 0.344 e.